The van der Waals surface area contributed by atoms with Gasteiger partial charge in [0.05, 0.1) is 17.7 Å². The first kappa shape index (κ1) is 33.1. The van der Waals surface area contributed by atoms with Gasteiger partial charge in [-0.25, -0.2) is 12.8 Å². The number of rotatable bonds is 12. The third-order valence-electron chi connectivity index (χ3n) is 8.32. The average Bonchev–Trinajstić information content (AvgIpc) is 3.07. The zero-order chi connectivity index (χ0) is 32.7. The Balaban J connectivity index is 1.50. The topological polar surface area (TPSA) is 114 Å². The molecule has 2 amide bonds. The van der Waals surface area contributed by atoms with Gasteiger partial charge in [-0.2, -0.15) is 0 Å². The second kappa shape index (κ2) is 14.8. The van der Waals surface area contributed by atoms with Crippen LogP contribution in [-0.2, 0) is 26.2 Å². The normalized spacial score (nSPS) is 15.5. The number of hydrogen-bond acceptors (Lipinski definition) is 7. The molecule has 12 heteroatoms. The minimum atomic E-state index is -4.38. The largest absolute Gasteiger partial charge is 0.497 e. The van der Waals surface area contributed by atoms with E-state index in [1.165, 1.54) is 42.3 Å². The van der Waals surface area contributed by atoms with Gasteiger partial charge in [0.15, 0.2) is 11.5 Å². The van der Waals surface area contributed by atoms with Crippen LogP contribution in [0.25, 0.3) is 0 Å². The number of nitrogens with zero attached hydrogens (tertiary/aromatic N) is 2. The highest BCUT2D eigenvalue weighted by Crippen LogP contribution is 2.34. The standard InChI is InChI=1S/C34H40FN3O7S/c1-3-30(34(40)36-26-9-5-4-6-10-26)37(22-24-8-7-11-28(20-24)43-2)33(39)23-38(27-14-12-25(35)13-15-27)46(41,42)29-16-17-31-32(21-29)45-19-18-44-31/h7-8,11-17,20-21,26,30H,3-6,9-10,18-19,22-23H2,1-2H3,(H,36,40). The zero-order valence-corrected chi connectivity index (χ0v) is 26.9. The molecule has 1 N–H and O–H groups in total. The van der Waals surface area contributed by atoms with E-state index in [2.05, 4.69) is 5.32 Å². The van der Waals surface area contributed by atoms with Crippen molar-refractivity contribution in [3.8, 4) is 17.2 Å². The number of carbonyl (C=O) groups excluding carboxylic acids is 2. The number of nitrogens with one attached hydrogen (secondary N) is 1. The van der Waals surface area contributed by atoms with E-state index < -0.39 is 34.3 Å². The molecule has 1 aliphatic heterocycles. The number of amides is 2. The predicted octanol–water partition coefficient (Wildman–Crippen LogP) is 5.06. The molecule has 1 fully saturated rings. The van der Waals surface area contributed by atoms with Gasteiger partial charge in [0.1, 0.15) is 37.4 Å². The SMILES string of the molecule is CCC(C(=O)NC1CCCCC1)N(Cc1cccc(OC)c1)C(=O)CN(c1ccc(F)cc1)S(=O)(=O)c1ccc2c(c1)OCCO2. The molecule has 0 radical (unpaired) electrons. The van der Waals surface area contributed by atoms with Crippen molar-refractivity contribution in [2.45, 2.75) is 69.0 Å². The highest BCUT2D eigenvalue weighted by molar-refractivity contribution is 7.92. The Kier molecular flexibility index (Phi) is 10.7. The van der Waals surface area contributed by atoms with E-state index >= 15 is 0 Å². The summed E-state index contributed by atoms with van der Waals surface area (Å²) >= 11 is 0. The lowest BCUT2D eigenvalue weighted by Gasteiger charge is -2.34. The molecule has 46 heavy (non-hydrogen) atoms. The minimum Gasteiger partial charge on any atom is -0.497 e. The molecule has 5 rings (SSSR count). The Morgan fingerprint density at radius 1 is 0.978 bits per heavy atom. The molecule has 2 aliphatic rings. The summed E-state index contributed by atoms with van der Waals surface area (Å²) in [6, 6.07) is 15.4. The van der Waals surface area contributed by atoms with Crippen LogP contribution in [0.1, 0.15) is 51.0 Å². The highest BCUT2D eigenvalue weighted by atomic mass is 32.2. The fourth-order valence-electron chi connectivity index (χ4n) is 5.88. The monoisotopic (exact) mass is 653 g/mol. The maximum Gasteiger partial charge on any atom is 0.264 e. The van der Waals surface area contributed by atoms with Crippen LogP contribution in [0.2, 0.25) is 0 Å². The molecule has 0 saturated heterocycles. The number of carbonyl (C=O) groups is 2. The summed E-state index contributed by atoms with van der Waals surface area (Å²) in [5.41, 5.74) is 0.797. The Bertz CT molecular complexity index is 1630. The summed E-state index contributed by atoms with van der Waals surface area (Å²) in [5.74, 6) is -0.181. The summed E-state index contributed by atoms with van der Waals surface area (Å²) in [6.07, 6.45) is 5.23. The number of ether oxygens (including phenoxy) is 3. The van der Waals surface area contributed by atoms with Gasteiger partial charge in [0.25, 0.3) is 10.0 Å². The third-order valence-corrected chi connectivity index (χ3v) is 10.1. The molecule has 1 unspecified atom stereocenters. The molecule has 246 valence electrons. The summed E-state index contributed by atoms with van der Waals surface area (Å²) in [5, 5.41) is 3.13. The van der Waals surface area contributed by atoms with Crippen LogP contribution in [0.3, 0.4) is 0 Å². The van der Waals surface area contributed by atoms with Gasteiger partial charge in [-0.1, -0.05) is 38.3 Å². The fraction of sp³-hybridized carbons (Fsp3) is 0.412. The van der Waals surface area contributed by atoms with Crippen molar-refractivity contribution in [1.82, 2.24) is 10.2 Å². The fourth-order valence-corrected chi connectivity index (χ4v) is 7.31. The van der Waals surface area contributed by atoms with Crippen LogP contribution in [0.4, 0.5) is 10.1 Å². The number of halogens is 1. The number of anilines is 1. The van der Waals surface area contributed by atoms with Crippen molar-refractivity contribution in [3.63, 3.8) is 0 Å². The second-order valence-electron chi connectivity index (χ2n) is 11.4. The lowest BCUT2D eigenvalue weighted by atomic mass is 9.95. The van der Waals surface area contributed by atoms with E-state index in [4.69, 9.17) is 14.2 Å². The van der Waals surface area contributed by atoms with E-state index in [9.17, 15) is 22.4 Å². The van der Waals surface area contributed by atoms with E-state index in [1.54, 1.807) is 18.2 Å². The molecule has 3 aromatic carbocycles. The first-order valence-electron chi connectivity index (χ1n) is 15.6. The van der Waals surface area contributed by atoms with Gasteiger partial charge in [0, 0.05) is 18.7 Å². The molecule has 1 saturated carbocycles. The Hall–Kier alpha value is -4.32. The molecule has 10 nitrogen and oxygen atoms in total. The summed E-state index contributed by atoms with van der Waals surface area (Å²) in [7, 11) is -2.84. The lowest BCUT2D eigenvalue weighted by molar-refractivity contribution is -0.140. The number of benzene rings is 3. The lowest BCUT2D eigenvalue weighted by Crippen LogP contribution is -2.54. The van der Waals surface area contributed by atoms with Crippen molar-refractivity contribution in [3.05, 3.63) is 78.1 Å². The highest BCUT2D eigenvalue weighted by Gasteiger charge is 2.35. The third kappa shape index (κ3) is 7.72. The van der Waals surface area contributed by atoms with Crippen molar-refractivity contribution in [2.24, 2.45) is 0 Å². The molecular formula is C34H40FN3O7S. The first-order valence-corrected chi connectivity index (χ1v) is 17.0. The van der Waals surface area contributed by atoms with E-state index in [0.717, 1.165) is 48.5 Å². The molecule has 1 atom stereocenters. The van der Waals surface area contributed by atoms with Gasteiger partial charge < -0.3 is 24.4 Å². The van der Waals surface area contributed by atoms with Crippen LogP contribution in [0.5, 0.6) is 17.2 Å². The summed E-state index contributed by atoms with van der Waals surface area (Å²) < 4.78 is 59.9. The van der Waals surface area contributed by atoms with Gasteiger partial charge >= 0.3 is 0 Å². The van der Waals surface area contributed by atoms with Crippen LogP contribution in [-0.4, -0.2) is 64.1 Å². The summed E-state index contributed by atoms with van der Waals surface area (Å²) in [4.78, 5) is 29.4. The van der Waals surface area contributed by atoms with Crippen LogP contribution >= 0.6 is 0 Å². The van der Waals surface area contributed by atoms with Crippen LogP contribution in [0, 0.1) is 5.82 Å². The number of sulfonamides is 1. The smallest absolute Gasteiger partial charge is 0.264 e. The molecule has 0 spiro atoms. The van der Waals surface area contributed by atoms with Crippen LogP contribution < -0.4 is 23.8 Å². The van der Waals surface area contributed by atoms with Crippen molar-refractivity contribution >= 4 is 27.5 Å². The molecule has 0 aromatic heterocycles. The Morgan fingerprint density at radius 2 is 1.70 bits per heavy atom. The van der Waals surface area contributed by atoms with Gasteiger partial charge in [-0.3, -0.25) is 13.9 Å². The quantitative estimate of drug-likeness (QED) is 0.291. The molecule has 0 bridgehead atoms. The zero-order valence-electron chi connectivity index (χ0n) is 26.1. The molecular weight excluding hydrogens is 613 g/mol. The van der Waals surface area contributed by atoms with Crippen molar-refractivity contribution in [1.29, 1.82) is 0 Å². The number of methoxy groups -OCH3 is 1. The molecule has 1 aliphatic carbocycles. The maximum absolute atomic E-state index is 14.4. The predicted molar refractivity (Wildman–Crippen MR) is 171 cm³/mol. The number of hydrogen-bond donors (Lipinski definition) is 1. The van der Waals surface area contributed by atoms with Gasteiger partial charge in [0.2, 0.25) is 11.8 Å². The van der Waals surface area contributed by atoms with Gasteiger partial charge in [-0.05, 0) is 73.4 Å². The van der Waals surface area contributed by atoms with E-state index in [0.29, 0.717) is 30.1 Å². The molecule has 3 aromatic rings. The Morgan fingerprint density at radius 3 is 2.39 bits per heavy atom. The maximum atomic E-state index is 14.4. The summed E-state index contributed by atoms with van der Waals surface area (Å²) in [6.45, 7) is 1.82. The van der Waals surface area contributed by atoms with Gasteiger partial charge in [-0.15, -0.1) is 0 Å². The van der Waals surface area contributed by atoms with E-state index in [-0.39, 0.29) is 41.4 Å². The molecule has 1 heterocycles. The van der Waals surface area contributed by atoms with Crippen molar-refractivity contribution < 1.29 is 36.6 Å². The van der Waals surface area contributed by atoms with Crippen LogP contribution in [0.15, 0.2) is 71.6 Å². The second-order valence-corrected chi connectivity index (χ2v) is 13.3. The van der Waals surface area contributed by atoms with Crippen molar-refractivity contribution in [2.75, 3.05) is 31.2 Å². The first-order chi connectivity index (χ1) is 22.2. The van der Waals surface area contributed by atoms with E-state index in [1.807, 2.05) is 13.0 Å². The average molecular weight is 654 g/mol. The number of fused-ring (bicyclic) bond motifs is 1. The minimum absolute atomic E-state index is 0.0235. The Labute approximate surface area is 269 Å².